The maximum atomic E-state index is 12.6. The number of hydrogen-bond acceptors (Lipinski definition) is 6. The first-order valence-corrected chi connectivity index (χ1v) is 9.00. The molecule has 3 aliphatic carbocycles. The third kappa shape index (κ3) is 2.45. The summed E-state index contributed by atoms with van der Waals surface area (Å²) < 4.78 is 0. The summed E-state index contributed by atoms with van der Waals surface area (Å²) in [6, 6.07) is 0. The number of imide groups is 1. The van der Waals surface area contributed by atoms with E-state index in [9.17, 15) is 14.4 Å². The van der Waals surface area contributed by atoms with Gasteiger partial charge < -0.3 is 5.32 Å². The highest BCUT2D eigenvalue weighted by Crippen LogP contribution is 2.49. The van der Waals surface area contributed by atoms with Gasteiger partial charge in [-0.15, -0.1) is 10.2 Å². The first-order chi connectivity index (χ1) is 11.5. The van der Waals surface area contributed by atoms with Crippen LogP contribution in [0.25, 0.3) is 0 Å². The fourth-order valence-corrected chi connectivity index (χ4v) is 4.71. The van der Waals surface area contributed by atoms with Gasteiger partial charge in [-0.2, -0.15) is 0 Å². The molecule has 0 spiro atoms. The number of carbonyl (C=O) groups is 3. The molecule has 8 heteroatoms. The second-order valence-electron chi connectivity index (χ2n) is 6.59. The Balaban J connectivity index is 1.39. The number of aromatic nitrogens is 2. The van der Waals surface area contributed by atoms with E-state index in [0.717, 1.165) is 17.8 Å². The molecule has 4 aliphatic rings. The molecule has 0 aromatic carbocycles. The van der Waals surface area contributed by atoms with E-state index in [1.165, 1.54) is 16.2 Å². The lowest BCUT2D eigenvalue weighted by Crippen LogP contribution is -2.38. The van der Waals surface area contributed by atoms with E-state index in [1.807, 2.05) is 0 Å². The summed E-state index contributed by atoms with van der Waals surface area (Å²) >= 11 is 1.29. The molecular formula is C16H18N4O3S. The lowest BCUT2D eigenvalue weighted by molar-refractivity contribution is -0.140. The third-order valence-electron chi connectivity index (χ3n) is 5.19. The SMILES string of the molecule is Cc1nnc(NC(=O)CCN2C(=O)[C@@H]3[C@H](C2=O)[C@H]2C=C[C@H]3CC2)s1. The van der Waals surface area contributed by atoms with Gasteiger partial charge in [0.2, 0.25) is 22.9 Å². The fraction of sp³-hybridized carbons (Fsp3) is 0.562. The largest absolute Gasteiger partial charge is 0.300 e. The van der Waals surface area contributed by atoms with Crippen molar-refractivity contribution in [3.63, 3.8) is 0 Å². The van der Waals surface area contributed by atoms with E-state index >= 15 is 0 Å². The number of likely N-dealkylation sites (tertiary alicyclic amines) is 1. The summed E-state index contributed by atoms with van der Waals surface area (Å²) in [5, 5.41) is 11.5. The average molecular weight is 346 g/mol. The summed E-state index contributed by atoms with van der Waals surface area (Å²) in [5.41, 5.74) is 0. The lowest BCUT2D eigenvalue weighted by Gasteiger charge is -2.38. The zero-order valence-corrected chi connectivity index (χ0v) is 14.1. The van der Waals surface area contributed by atoms with Crippen LogP contribution in [0.2, 0.25) is 0 Å². The van der Waals surface area contributed by atoms with Crippen molar-refractivity contribution in [3.8, 4) is 0 Å². The molecule has 1 aliphatic heterocycles. The maximum Gasteiger partial charge on any atom is 0.233 e. The van der Waals surface area contributed by atoms with Gasteiger partial charge in [0.25, 0.3) is 0 Å². The third-order valence-corrected chi connectivity index (χ3v) is 5.94. The Labute approximate surface area is 143 Å². The standard InChI is InChI=1S/C16H18N4O3S/c1-8-18-19-16(24-8)17-11(21)6-7-20-14(22)12-9-2-3-10(5-4-9)13(12)15(20)23/h2-3,9-10,12-13H,4-7H2,1H3,(H,17,19,21)/t9-,10-,12-,13+/m0/s1. The van der Waals surface area contributed by atoms with Crippen LogP contribution < -0.4 is 5.32 Å². The first kappa shape index (κ1) is 15.4. The summed E-state index contributed by atoms with van der Waals surface area (Å²) in [6.45, 7) is 1.94. The second-order valence-corrected chi connectivity index (χ2v) is 7.78. The van der Waals surface area contributed by atoms with Crippen molar-refractivity contribution in [1.82, 2.24) is 15.1 Å². The minimum Gasteiger partial charge on any atom is -0.300 e. The number of hydrogen-bond donors (Lipinski definition) is 1. The Morgan fingerprint density at radius 3 is 2.33 bits per heavy atom. The van der Waals surface area contributed by atoms with Gasteiger partial charge in [-0.25, -0.2) is 0 Å². The van der Waals surface area contributed by atoms with Crippen molar-refractivity contribution in [2.24, 2.45) is 23.7 Å². The number of aryl methyl sites for hydroxylation is 1. The van der Waals surface area contributed by atoms with Crippen LogP contribution in [-0.2, 0) is 14.4 Å². The molecule has 1 saturated heterocycles. The van der Waals surface area contributed by atoms with E-state index in [2.05, 4.69) is 27.7 Å². The van der Waals surface area contributed by atoms with Crippen molar-refractivity contribution in [2.75, 3.05) is 11.9 Å². The summed E-state index contributed by atoms with van der Waals surface area (Å²) in [4.78, 5) is 38.6. The Morgan fingerprint density at radius 1 is 1.21 bits per heavy atom. The molecule has 2 heterocycles. The number of nitrogens with one attached hydrogen (secondary N) is 1. The van der Waals surface area contributed by atoms with Gasteiger partial charge in [-0.1, -0.05) is 23.5 Å². The van der Waals surface area contributed by atoms with E-state index in [-0.39, 0.29) is 54.4 Å². The molecule has 4 atom stereocenters. The normalized spacial score (nSPS) is 30.8. The maximum absolute atomic E-state index is 12.6. The van der Waals surface area contributed by atoms with Gasteiger partial charge in [0.15, 0.2) is 0 Å². The monoisotopic (exact) mass is 346 g/mol. The number of nitrogens with zero attached hydrogens (tertiary/aromatic N) is 3. The Hall–Kier alpha value is -2.09. The van der Waals surface area contributed by atoms with Crippen molar-refractivity contribution >= 4 is 34.2 Å². The van der Waals surface area contributed by atoms with Crippen LogP contribution in [0.1, 0.15) is 24.3 Å². The average Bonchev–Trinajstić information content (AvgIpc) is 3.10. The summed E-state index contributed by atoms with van der Waals surface area (Å²) in [6.07, 6.45) is 6.22. The Morgan fingerprint density at radius 2 is 1.83 bits per heavy atom. The highest BCUT2D eigenvalue weighted by molar-refractivity contribution is 7.15. The van der Waals surface area contributed by atoms with Gasteiger partial charge in [0.1, 0.15) is 5.01 Å². The zero-order chi connectivity index (χ0) is 16.8. The molecule has 0 unspecified atom stereocenters. The quantitative estimate of drug-likeness (QED) is 0.657. The smallest absolute Gasteiger partial charge is 0.233 e. The molecule has 1 aromatic rings. The van der Waals surface area contributed by atoms with Gasteiger partial charge in [-0.3, -0.25) is 19.3 Å². The second kappa shape index (κ2) is 5.77. The zero-order valence-electron chi connectivity index (χ0n) is 13.3. The van der Waals surface area contributed by atoms with Crippen LogP contribution in [0.15, 0.2) is 12.2 Å². The van der Waals surface area contributed by atoms with Gasteiger partial charge in [0.05, 0.1) is 11.8 Å². The predicted octanol–water partition coefficient (Wildman–Crippen LogP) is 1.37. The molecule has 126 valence electrons. The molecule has 7 nitrogen and oxygen atoms in total. The van der Waals surface area contributed by atoms with Crippen LogP contribution in [-0.4, -0.2) is 39.4 Å². The molecule has 24 heavy (non-hydrogen) atoms. The van der Waals surface area contributed by atoms with Crippen molar-refractivity contribution < 1.29 is 14.4 Å². The van der Waals surface area contributed by atoms with Crippen molar-refractivity contribution in [3.05, 3.63) is 17.2 Å². The Kier molecular flexibility index (Phi) is 3.71. The van der Waals surface area contributed by atoms with Crippen LogP contribution in [0.3, 0.4) is 0 Å². The summed E-state index contributed by atoms with van der Waals surface area (Å²) in [7, 11) is 0. The number of carbonyl (C=O) groups excluding carboxylic acids is 3. The summed E-state index contributed by atoms with van der Waals surface area (Å²) in [5.74, 6) is -0.542. The number of amides is 3. The van der Waals surface area contributed by atoms with Gasteiger partial charge >= 0.3 is 0 Å². The highest BCUT2D eigenvalue weighted by Gasteiger charge is 2.56. The van der Waals surface area contributed by atoms with Crippen molar-refractivity contribution in [2.45, 2.75) is 26.2 Å². The molecule has 5 rings (SSSR count). The topological polar surface area (TPSA) is 92.3 Å². The number of allylic oxidation sites excluding steroid dienone is 2. The van der Waals surface area contributed by atoms with Crippen LogP contribution in [0.4, 0.5) is 5.13 Å². The Bertz CT molecular complexity index is 711. The lowest BCUT2D eigenvalue weighted by atomic mass is 9.63. The highest BCUT2D eigenvalue weighted by atomic mass is 32.1. The molecule has 3 amide bonds. The molecule has 2 bridgehead atoms. The fourth-order valence-electron chi connectivity index (χ4n) is 4.10. The van der Waals surface area contributed by atoms with Crippen LogP contribution in [0, 0.1) is 30.6 Å². The predicted molar refractivity (Wildman–Crippen MR) is 86.9 cm³/mol. The molecular weight excluding hydrogens is 328 g/mol. The van der Waals surface area contributed by atoms with E-state index in [0.29, 0.717) is 5.13 Å². The molecule has 0 radical (unpaired) electrons. The van der Waals surface area contributed by atoms with Gasteiger partial charge in [0, 0.05) is 13.0 Å². The van der Waals surface area contributed by atoms with Crippen molar-refractivity contribution in [1.29, 1.82) is 0 Å². The molecule has 2 fully saturated rings. The van der Waals surface area contributed by atoms with E-state index < -0.39 is 0 Å². The molecule has 1 aromatic heterocycles. The number of fused-ring (bicyclic) bond motifs is 1. The van der Waals surface area contributed by atoms with E-state index in [4.69, 9.17) is 0 Å². The van der Waals surface area contributed by atoms with E-state index in [1.54, 1.807) is 6.92 Å². The number of anilines is 1. The number of rotatable bonds is 4. The van der Waals surface area contributed by atoms with Crippen LogP contribution >= 0.6 is 11.3 Å². The first-order valence-electron chi connectivity index (χ1n) is 8.18. The minimum atomic E-state index is -0.261. The molecule has 1 N–H and O–H groups in total. The van der Waals surface area contributed by atoms with Crippen LogP contribution in [0.5, 0.6) is 0 Å². The van der Waals surface area contributed by atoms with Gasteiger partial charge in [-0.05, 0) is 31.6 Å². The minimum absolute atomic E-state index is 0.0817. The molecule has 1 saturated carbocycles.